The summed E-state index contributed by atoms with van der Waals surface area (Å²) in [4.78, 5) is 23.6. The lowest BCUT2D eigenvalue weighted by Crippen LogP contribution is -2.14. The number of hydrogen-bond acceptors (Lipinski definition) is 5. The van der Waals surface area contributed by atoms with E-state index >= 15 is 0 Å². The number of amides is 1. The Labute approximate surface area is 132 Å². The molecule has 0 aliphatic rings. The summed E-state index contributed by atoms with van der Waals surface area (Å²) in [7, 11) is 1.32. The predicted molar refractivity (Wildman–Crippen MR) is 85.3 cm³/mol. The van der Waals surface area contributed by atoms with Crippen LogP contribution in [0.5, 0.6) is 0 Å². The monoisotopic (exact) mass is 307 g/mol. The van der Waals surface area contributed by atoms with E-state index in [1.54, 1.807) is 30.3 Å². The molecule has 2 aromatic carbocycles. The third-order valence-corrected chi connectivity index (χ3v) is 3.29. The van der Waals surface area contributed by atoms with Gasteiger partial charge in [0, 0.05) is 11.1 Å². The van der Waals surface area contributed by atoms with Crippen molar-refractivity contribution in [3.8, 4) is 0 Å². The summed E-state index contributed by atoms with van der Waals surface area (Å²) in [6.45, 7) is 0. The van der Waals surface area contributed by atoms with Gasteiger partial charge in [0.25, 0.3) is 5.91 Å². The van der Waals surface area contributed by atoms with Crippen molar-refractivity contribution in [3.63, 3.8) is 0 Å². The first-order chi connectivity index (χ1) is 11.2. The number of esters is 1. The Kier molecular flexibility index (Phi) is 3.97. The maximum Gasteiger partial charge on any atom is 0.337 e. The van der Waals surface area contributed by atoms with E-state index in [9.17, 15) is 9.59 Å². The first kappa shape index (κ1) is 14.6. The van der Waals surface area contributed by atoms with Gasteiger partial charge in [0.2, 0.25) is 0 Å². The molecule has 6 nitrogen and oxygen atoms in total. The van der Waals surface area contributed by atoms with Gasteiger partial charge in [0.05, 0.1) is 18.2 Å². The molecule has 3 aromatic rings. The minimum atomic E-state index is -0.428. The van der Waals surface area contributed by atoms with E-state index in [0.29, 0.717) is 11.3 Å². The summed E-state index contributed by atoms with van der Waals surface area (Å²) in [5.74, 6) is -0.794. The Hall–Kier alpha value is -3.28. The first-order valence-electron chi connectivity index (χ1n) is 6.89. The normalized spacial score (nSPS) is 10.3. The molecule has 0 aliphatic heterocycles. The third kappa shape index (κ3) is 3.16. The fraction of sp³-hybridized carbons (Fsp3) is 0.0588. The number of carbonyl (C=O) groups is 2. The predicted octanol–water partition coefficient (Wildman–Crippen LogP) is 2.67. The minimum Gasteiger partial charge on any atom is -0.465 e. The summed E-state index contributed by atoms with van der Waals surface area (Å²) >= 11 is 0. The summed E-state index contributed by atoms with van der Waals surface area (Å²) in [5, 5.41) is 11.5. The Bertz CT molecular complexity index is 876. The fourth-order valence-electron chi connectivity index (χ4n) is 2.10. The molecule has 0 radical (unpaired) electrons. The summed E-state index contributed by atoms with van der Waals surface area (Å²) in [6.07, 6.45) is 0. The highest BCUT2D eigenvalue weighted by Crippen LogP contribution is 2.14. The van der Waals surface area contributed by atoms with Crippen LogP contribution in [0.25, 0.3) is 10.9 Å². The lowest BCUT2D eigenvalue weighted by molar-refractivity contribution is 0.0600. The summed E-state index contributed by atoms with van der Waals surface area (Å²) in [6, 6.07) is 15.5. The van der Waals surface area contributed by atoms with Crippen LogP contribution in [0.4, 0.5) is 5.69 Å². The van der Waals surface area contributed by atoms with Crippen molar-refractivity contribution in [3.05, 3.63) is 65.9 Å². The van der Waals surface area contributed by atoms with Crippen molar-refractivity contribution < 1.29 is 14.3 Å². The average Bonchev–Trinajstić information content (AvgIpc) is 2.61. The molecule has 1 amide bonds. The van der Waals surface area contributed by atoms with E-state index in [4.69, 9.17) is 0 Å². The summed E-state index contributed by atoms with van der Waals surface area (Å²) < 4.78 is 4.62. The van der Waals surface area contributed by atoms with Crippen molar-refractivity contribution in [2.24, 2.45) is 0 Å². The van der Waals surface area contributed by atoms with E-state index in [1.807, 2.05) is 24.3 Å². The molecule has 0 fully saturated rings. The number of nitrogens with zero attached hydrogens (tertiary/aromatic N) is 2. The van der Waals surface area contributed by atoms with Crippen LogP contribution in [-0.4, -0.2) is 29.2 Å². The smallest absolute Gasteiger partial charge is 0.337 e. The van der Waals surface area contributed by atoms with Gasteiger partial charge in [0.1, 0.15) is 0 Å². The highest BCUT2D eigenvalue weighted by atomic mass is 16.5. The van der Waals surface area contributed by atoms with Gasteiger partial charge in [-0.05, 0) is 36.4 Å². The molecule has 0 aliphatic carbocycles. The number of methoxy groups -OCH3 is 1. The van der Waals surface area contributed by atoms with E-state index in [1.165, 1.54) is 7.11 Å². The van der Waals surface area contributed by atoms with E-state index in [0.717, 1.165) is 10.9 Å². The Morgan fingerprint density at radius 3 is 2.48 bits per heavy atom. The number of hydrogen-bond donors (Lipinski definition) is 1. The number of aromatic nitrogens is 2. The second-order valence-electron chi connectivity index (χ2n) is 4.81. The molecule has 0 bridgehead atoms. The van der Waals surface area contributed by atoms with Gasteiger partial charge in [-0.3, -0.25) is 4.79 Å². The minimum absolute atomic E-state index is 0.223. The summed E-state index contributed by atoms with van der Waals surface area (Å²) in [5.41, 5.74) is 1.92. The number of anilines is 1. The maximum absolute atomic E-state index is 12.2. The van der Waals surface area contributed by atoms with Gasteiger partial charge >= 0.3 is 5.97 Å². The fourth-order valence-corrected chi connectivity index (χ4v) is 2.10. The average molecular weight is 307 g/mol. The van der Waals surface area contributed by atoms with Crippen LogP contribution < -0.4 is 5.32 Å². The van der Waals surface area contributed by atoms with E-state index in [2.05, 4.69) is 20.3 Å². The second-order valence-corrected chi connectivity index (χ2v) is 4.81. The third-order valence-electron chi connectivity index (χ3n) is 3.29. The van der Waals surface area contributed by atoms with Crippen LogP contribution in [0.3, 0.4) is 0 Å². The molecule has 6 heteroatoms. The number of rotatable bonds is 3. The quantitative estimate of drug-likeness (QED) is 0.752. The molecule has 0 atom stereocenters. The number of ether oxygens (including phenoxy) is 1. The topological polar surface area (TPSA) is 81.2 Å². The van der Waals surface area contributed by atoms with Gasteiger partial charge in [-0.15, -0.1) is 10.2 Å². The molecule has 0 unspecified atom stereocenters. The Balaban J connectivity index is 1.78. The van der Waals surface area contributed by atoms with Crippen LogP contribution in [0.15, 0.2) is 54.6 Å². The molecule has 0 saturated heterocycles. The van der Waals surface area contributed by atoms with Crippen LogP contribution in [0.2, 0.25) is 0 Å². The zero-order chi connectivity index (χ0) is 16.2. The van der Waals surface area contributed by atoms with Gasteiger partial charge in [0.15, 0.2) is 5.69 Å². The van der Waals surface area contributed by atoms with Crippen molar-refractivity contribution in [2.75, 3.05) is 12.4 Å². The van der Waals surface area contributed by atoms with Gasteiger partial charge in [-0.1, -0.05) is 18.2 Å². The Morgan fingerprint density at radius 1 is 1.00 bits per heavy atom. The lowest BCUT2D eigenvalue weighted by Gasteiger charge is -2.06. The van der Waals surface area contributed by atoms with Gasteiger partial charge in [-0.2, -0.15) is 0 Å². The van der Waals surface area contributed by atoms with Crippen molar-refractivity contribution >= 4 is 28.5 Å². The largest absolute Gasteiger partial charge is 0.465 e. The van der Waals surface area contributed by atoms with Crippen molar-refractivity contribution in [1.29, 1.82) is 0 Å². The first-order valence-corrected chi connectivity index (χ1v) is 6.89. The van der Waals surface area contributed by atoms with Gasteiger partial charge < -0.3 is 10.1 Å². The van der Waals surface area contributed by atoms with Crippen LogP contribution in [0, 0.1) is 0 Å². The van der Waals surface area contributed by atoms with Crippen LogP contribution in [-0.2, 0) is 4.74 Å². The molecule has 1 heterocycles. The molecule has 114 valence electrons. The molecular weight excluding hydrogens is 294 g/mol. The second kappa shape index (κ2) is 6.23. The molecule has 0 spiro atoms. The molecule has 3 rings (SSSR count). The highest BCUT2D eigenvalue weighted by molar-refractivity contribution is 6.04. The lowest BCUT2D eigenvalue weighted by atomic mass is 10.2. The molecular formula is C17H13N3O3. The maximum atomic E-state index is 12.2. The van der Waals surface area contributed by atoms with Crippen LogP contribution >= 0.6 is 0 Å². The van der Waals surface area contributed by atoms with Crippen molar-refractivity contribution in [1.82, 2.24) is 10.2 Å². The zero-order valence-corrected chi connectivity index (χ0v) is 12.3. The van der Waals surface area contributed by atoms with Gasteiger partial charge in [-0.25, -0.2) is 4.79 Å². The molecule has 0 saturated carbocycles. The zero-order valence-electron chi connectivity index (χ0n) is 12.3. The number of carbonyl (C=O) groups excluding carboxylic acids is 2. The van der Waals surface area contributed by atoms with E-state index < -0.39 is 5.97 Å². The molecule has 1 aromatic heterocycles. The highest BCUT2D eigenvalue weighted by Gasteiger charge is 2.10. The molecule has 1 N–H and O–H groups in total. The number of nitrogens with one attached hydrogen (secondary N) is 1. The number of benzene rings is 2. The SMILES string of the molecule is COC(=O)c1ccc(NC(=O)c2cc3ccccc3nn2)cc1. The van der Waals surface area contributed by atoms with E-state index in [-0.39, 0.29) is 11.6 Å². The van der Waals surface area contributed by atoms with Crippen LogP contribution in [0.1, 0.15) is 20.8 Å². The molecule has 23 heavy (non-hydrogen) atoms. The Morgan fingerprint density at radius 2 is 1.74 bits per heavy atom. The van der Waals surface area contributed by atoms with Crippen molar-refractivity contribution in [2.45, 2.75) is 0 Å². The standard InChI is InChI=1S/C17H13N3O3/c1-23-17(22)11-6-8-13(9-7-11)18-16(21)15-10-12-4-2-3-5-14(12)19-20-15/h2-10H,1H3,(H,18,21). The number of fused-ring (bicyclic) bond motifs is 1.